The Kier molecular flexibility index (Phi) is 6.13. The van der Waals surface area contributed by atoms with Crippen molar-refractivity contribution in [1.82, 2.24) is 4.90 Å². The summed E-state index contributed by atoms with van der Waals surface area (Å²) in [6, 6.07) is 4.27. The summed E-state index contributed by atoms with van der Waals surface area (Å²) in [4.78, 5) is 2.55. The molecular weight excluding hydrogens is 274 g/mol. The molecule has 3 heteroatoms. The van der Waals surface area contributed by atoms with Crippen LogP contribution in [0.15, 0.2) is 12.1 Å². The zero-order valence-corrected chi connectivity index (χ0v) is 14.8. The van der Waals surface area contributed by atoms with Gasteiger partial charge < -0.3 is 9.47 Å². The third-order valence-corrected chi connectivity index (χ3v) is 5.04. The fourth-order valence-electron chi connectivity index (χ4n) is 3.30. The van der Waals surface area contributed by atoms with Crippen LogP contribution in [0, 0.1) is 5.92 Å². The van der Waals surface area contributed by atoms with E-state index in [1.807, 2.05) is 0 Å². The Labute approximate surface area is 135 Å². The molecule has 1 heterocycles. The summed E-state index contributed by atoms with van der Waals surface area (Å²) in [6.07, 6.45) is 3.69. The predicted molar refractivity (Wildman–Crippen MR) is 91.9 cm³/mol. The lowest BCUT2D eigenvalue weighted by atomic mass is 9.93. The molecule has 1 aromatic carbocycles. The smallest absolute Gasteiger partial charge is 0.130 e. The van der Waals surface area contributed by atoms with Crippen LogP contribution in [-0.4, -0.2) is 32.2 Å². The van der Waals surface area contributed by atoms with Gasteiger partial charge in [0.1, 0.15) is 11.5 Å². The quantitative estimate of drug-likeness (QED) is 0.775. The van der Waals surface area contributed by atoms with E-state index in [2.05, 4.69) is 37.8 Å². The van der Waals surface area contributed by atoms with Gasteiger partial charge in [-0.1, -0.05) is 26.8 Å². The van der Waals surface area contributed by atoms with Crippen LogP contribution in [0.2, 0.25) is 0 Å². The zero-order valence-electron chi connectivity index (χ0n) is 14.8. The highest BCUT2D eigenvalue weighted by Crippen LogP contribution is 2.39. The van der Waals surface area contributed by atoms with Crippen molar-refractivity contribution < 1.29 is 9.47 Å². The minimum atomic E-state index is 0.436. The summed E-state index contributed by atoms with van der Waals surface area (Å²) in [7, 11) is 3.52. The SMILES string of the molecule is CCC(C)c1c(OC)ccc(CN2CCC(C)CC2)c1OC. The summed E-state index contributed by atoms with van der Waals surface area (Å²) >= 11 is 0. The maximum absolute atomic E-state index is 5.80. The van der Waals surface area contributed by atoms with Crippen molar-refractivity contribution in [2.24, 2.45) is 5.92 Å². The summed E-state index contributed by atoms with van der Waals surface area (Å²) < 4.78 is 11.4. The van der Waals surface area contributed by atoms with Crippen molar-refractivity contribution in [3.05, 3.63) is 23.3 Å². The molecule has 0 spiro atoms. The molecule has 2 rings (SSSR count). The summed E-state index contributed by atoms with van der Waals surface area (Å²) in [6.45, 7) is 10.2. The largest absolute Gasteiger partial charge is 0.496 e. The summed E-state index contributed by atoms with van der Waals surface area (Å²) in [5.74, 6) is 3.27. The monoisotopic (exact) mass is 305 g/mol. The van der Waals surface area contributed by atoms with Crippen molar-refractivity contribution in [2.45, 2.75) is 52.5 Å². The highest BCUT2D eigenvalue weighted by Gasteiger charge is 2.22. The molecule has 0 amide bonds. The molecule has 3 nitrogen and oxygen atoms in total. The van der Waals surface area contributed by atoms with Gasteiger partial charge in [0.15, 0.2) is 0 Å². The van der Waals surface area contributed by atoms with Gasteiger partial charge >= 0.3 is 0 Å². The number of nitrogens with zero attached hydrogens (tertiary/aromatic N) is 1. The maximum Gasteiger partial charge on any atom is 0.130 e. The maximum atomic E-state index is 5.80. The Morgan fingerprint density at radius 1 is 1.18 bits per heavy atom. The van der Waals surface area contributed by atoms with Crippen molar-refractivity contribution in [1.29, 1.82) is 0 Å². The van der Waals surface area contributed by atoms with Gasteiger partial charge in [-0.3, -0.25) is 4.90 Å². The van der Waals surface area contributed by atoms with Crippen molar-refractivity contribution in [2.75, 3.05) is 27.3 Å². The molecule has 1 saturated heterocycles. The van der Waals surface area contributed by atoms with Gasteiger partial charge in [-0.15, -0.1) is 0 Å². The highest BCUT2D eigenvalue weighted by molar-refractivity contribution is 5.52. The number of hydrogen-bond acceptors (Lipinski definition) is 3. The van der Waals surface area contributed by atoms with Gasteiger partial charge in [0.05, 0.1) is 14.2 Å². The Bertz CT molecular complexity index is 479. The van der Waals surface area contributed by atoms with E-state index >= 15 is 0 Å². The van der Waals surface area contributed by atoms with E-state index in [1.165, 1.54) is 37.1 Å². The Morgan fingerprint density at radius 2 is 1.86 bits per heavy atom. The number of piperidine rings is 1. The number of hydrogen-bond donors (Lipinski definition) is 0. The fraction of sp³-hybridized carbons (Fsp3) is 0.684. The first-order chi connectivity index (χ1) is 10.6. The Hall–Kier alpha value is -1.22. The molecule has 1 aliphatic heterocycles. The zero-order chi connectivity index (χ0) is 16.1. The van der Waals surface area contributed by atoms with Crippen molar-refractivity contribution in [3.63, 3.8) is 0 Å². The lowest BCUT2D eigenvalue weighted by molar-refractivity contribution is 0.183. The minimum absolute atomic E-state index is 0.436. The average Bonchev–Trinajstić information content (AvgIpc) is 2.55. The molecule has 1 aliphatic rings. The van der Waals surface area contributed by atoms with Crippen LogP contribution in [0.1, 0.15) is 57.1 Å². The number of likely N-dealkylation sites (tertiary alicyclic amines) is 1. The van der Waals surface area contributed by atoms with Crippen LogP contribution in [0.25, 0.3) is 0 Å². The Morgan fingerprint density at radius 3 is 2.41 bits per heavy atom. The topological polar surface area (TPSA) is 21.7 Å². The third-order valence-electron chi connectivity index (χ3n) is 5.04. The molecule has 22 heavy (non-hydrogen) atoms. The number of methoxy groups -OCH3 is 2. The predicted octanol–water partition coefficient (Wildman–Crippen LogP) is 4.45. The second-order valence-electron chi connectivity index (χ2n) is 6.64. The van der Waals surface area contributed by atoms with Crippen molar-refractivity contribution in [3.8, 4) is 11.5 Å². The molecule has 1 atom stereocenters. The van der Waals surface area contributed by atoms with Crippen LogP contribution < -0.4 is 9.47 Å². The van der Waals surface area contributed by atoms with Crippen LogP contribution in [0.5, 0.6) is 11.5 Å². The van der Waals surface area contributed by atoms with E-state index in [-0.39, 0.29) is 0 Å². The van der Waals surface area contributed by atoms with Gasteiger partial charge in [-0.25, -0.2) is 0 Å². The molecule has 0 aliphatic carbocycles. The first-order valence-electron chi connectivity index (χ1n) is 8.56. The average molecular weight is 305 g/mol. The first-order valence-corrected chi connectivity index (χ1v) is 8.56. The van der Waals surface area contributed by atoms with E-state index in [0.717, 1.165) is 30.4 Å². The van der Waals surface area contributed by atoms with Gasteiger partial charge in [0.25, 0.3) is 0 Å². The van der Waals surface area contributed by atoms with E-state index in [0.29, 0.717) is 5.92 Å². The lowest BCUT2D eigenvalue weighted by Gasteiger charge is -2.31. The molecule has 0 saturated carbocycles. The van der Waals surface area contributed by atoms with Gasteiger partial charge in [0.2, 0.25) is 0 Å². The minimum Gasteiger partial charge on any atom is -0.496 e. The molecule has 0 N–H and O–H groups in total. The third kappa shape index (κ3) is 3.75. The number of ether oxygens (including phenoxy) is 2. The number of benzene rings is 1. The molecule has 1 unspecified atom stereocenters. The van der Waals surface area contributed by atoms with Gasteiger partial charge in [-0.05, 0) is 50.3 Å². The van der Waals surface area contributed by atoms with Gasteiger partial charge in [-0.2, -0.15) is 0 Å². The molecule has 0 aromatic heterocycles. The highest BCUT2D eigenvalue weighted by atomic mass is 16.5. The van der Waals surface area contributed by atoms with E-state index in [1.54, 1.807) is 14.2 Å². The van der Waals surface area contributed by atoms with E-state index in [4.69, 9.17) is 9.47 Å². The fourth-order valence-corrected chi connectivity index (χ4v) is 3.30. The molecule has 1 aromatic rings. The number of rotatable bonds is 6. The lowest BCUT2D eigenvalue weighted by Crippen LogP contribution is -2.32. The van der Waals surface area contributed by atoms with Crippen LogP contribution in [0.4, 0.5) is 0 Å². The van der Waals surface area contributed by atoms with E-state index in [9.17, 15) is 0 Å². The van der Waals surface area contributed by atoms with Crippen LogP contribution in [-0.2, 0) is 6.54 Å². The normalized spacial score (nSPS) is 18.2. The molecular formula is C19H31NO2. The second-order valence-corrected chi connectivity index (χ2v) is 6.64. The summed E-state index contributed by atoms with van der Waals surface area (Å²) in [5, 5.41) is 0. The van der Waals surface area contributed by atoms with Crippen LogP contribution >= 0.6 is 0 Å². The van der Waals surface area contributed by atoms with E-state index < -0.39 is 0 Å². The molecule has 1 fully saturated rings. The standard InChI is InChI=1S/C19H31NO2/c1-6-15(3)18-17(21-4)8-7-16(19(18)22-5)13-20-11-9-14(2)10-12-20/h7-8,14-15H,6,9-13H2,1-5H3. The molecule has 124 valence electrons. The first kappa shape index (κ1) is 17.1. The van der Waals surface area contributed by atoms with Crippen molar-refractivity contribution >= 4 is 0 Å². The second kappa shape index (κ2) is 7.87. The molecule has 0 radical (unpaired) electrons. The van der Waals surface area contributed by atoms with Gasteiger partial charge in [0, 0.05) is 17.7 Å². The molecule has 0 bridgehead atoms. The summed E-state index contributed by atoms with van der Waals surface area (Å²) in [5.41, 5.74) is 2.50. The Balaban J connectivity index is 2.27. The van der Waals surface area contributed by atoms with Crippen LogP contribution in [0.3, 0.4) is 0 Å².